The molecule has 96 valence electrons. The molecule has 0 unspecified atom stereocenters. The predicted octanol–water partition coefficient (Wildman–Crippen LogP) is 2.16. The third kappa shape index (κ3) is 6.51. The van der Waals surface area contributed by atoms with Crippen LogP contribution in [0.15, 0.2) is 24.3 Å². The van der Waals surface area contributed by atoms with Crippen LogP contribution in [0.4, 0.5) is 0 Å². The van der Waals surface area contributed by atoms with Crippen molar-refractivity contribution in [1.82, 2.24) is 5.32 Å². The quantitative estimate of drug-likeness (QED) is 0.783. The van der Waals surface area contributed by atoms with Crippen LogP contribution in [0.1, 0.15) is 18.4 Å². The monoisotopic (exact) mass is 276 g/mol. The number of carbonyl (C=O) groups is 1. The molecular formula is C12H18Cl2N2O. The molecule has 5 heteroatoms. The second kappa shape index (κ2) is 9.28. The lowest BCUT2D eigenvalue weighted by molar-refractivity contribution is -0.120. The van der Waals surface area contributed by atoms with E-state index in [1.165, 1.54) is 0 Å². The molecule has 1 aromatic rings. The lowest BCUT2D eigenvalue weighted by Crippen LogP contribution is -2.26. The van der Waals surface area contributed by atoms with Crippen molar-refractivity contribution in [1.29, 1.82) is 0 Å². The third-order valence-corrected chi connectivity index (χ3v) is 2.63. The van der Waals surface area contributed by atoms with E-state index in [-0.39, 0.29) is 18.3 Å². The molecular weight excluding hydrogens is 259 g/mol. The van der Waals surface area contributed by atoms with Gasteiger partial charge in [0.05, 0.1) is 6.42 Å². The molecule has 0 saturated heterocycles. The van der Waals surface area contributed by atoms with E-state index >= 15 is 0 Å². The summed E-state index contributed by atoms with van der Waals surface area (Å²) in [6.07, 6.45) is 2.19. The van der Waals surface area contributed by atoms with Gasteiger partial charge in [0.15, 0.2) is 0 Å². The first kappa shape index (κ1) is 16.2. The molecule has 0 atom stereocenters. The van der Waals surface area contributed by atoms with Gasteiger partial charge in [-0.2, -0.15) is 0 Å². The van der Waals surface area contributed by atoms with Gasteiger partial charge in [0.1, 0.15) is 0 Å². The molecule has 0 spiro atoms. The standard InChI is InChI=1S/C12H17ClN2O.ClH/c13-11-6-2-1-5-10(11)9-12(16)15-8-4-3-7-14;/h1-2,5-6H,3-4,7-9,14H2,(H,15,16);1H. The van der Waals surface area contributed by atoms with E-state index in [9.17, 15) is 4.79 Å². The van der Waals surface area contributed by atoms with E-state index in [0.29, 0.717) is 24.5 Å². The molecule has 0 aliphatic heterocycles. The topological polar surface area (TPSA) is 55.1 Å². The molecule has 0 heterocycles. The van der Waals surface area contributed by atoms with Gasteiger partial charge in [-0.05, 0) is 31.0 Å². The van der Waals surface area contributed by atoms with Gasteiger partial charge in [-0.25, -0.2) is 0 Å². The van der Waals surface area contributed by atoms with Gasteiger partial charge in [0, 0.05) is 11.6 Å². The Balaban J connectivity index is 0.00000256. The van der Waals surface area contributed by atoms with Crippen molar-refractivity contribution < 1.29 is 4.79 Å². The Morgan fingerprint density at radius 2 is 2.00 bits per heavy atom. The fourth-order valence-electron chi connectivity index (χ4n) is 1.37. The molecule has 1 amide bonds. The summed E-state index contributed by atoms with van der Waals surface area (Å²) >= 11 is 5.96. The average molecular weight is 277 g/mol. The van der Waals surface area contributed by atoms with E-state index < -0.39 is 0 Å². The summed E-state index contributed by atoms with van der Waals surface area (Å²) in [5.41, 5.74) is 6.22. The number of rotatable bonds is 6. The minimum Gasteiger partial charge on any atom is -0.356 e. The first-order valence-electron chi connectivity index (χ1n) is 5.44. The zero-order chi connectivity index (χ0) is 11.8. The number of nitrogens with two attached hydrogens (primary N) is 1. The van der Waals surface area contributed by atoms with Crippen LogP contribution in [0.2, 0.25) is 5.02 Å². The van der Waals surface area contributed by atoms with Crippen molar-refractivity contribution in [2.45, 2.75) is 19.3 Å². The van der Waals surface area contributed by atoms with Gasteiger partial charge in [0.25, 0.3) is 0 Å². The Morgan fingerprint density at radius 1 is 1.29 bits per heavy atom. The second-order valence-electron chi connectivity index (χ2n) is 3.61. The zero-order valence-corrected chi connectivity index (χ0v) is 11.2. The molecule has 17 heavy (non-hydrogen) atoms. The van der Waals surface area contributed by atoms with E-state index in [1.54, 1.807) is 6.07 Å². The SMILES string of the molecule is Cl.NCCCCNC(=O)Cc1ccccc1Cl. The minimum absolute atomic E-state index is 0. The molecule has 3 N–H and O–H groups in total. The molecule has 1 aromatic carbocycles. The number of amides is 1. The van der Waals surface area contributed by atoms with E-state index in [4.69, 9.17) is 17.3 Å². The van der Waals surface area contributed by atoms with Gasteiger partial charge >= 0.3 is 0 Å². The normalized spacial score (nSPS) is 9.53. The van der Waals surface area contributed by atoms with E-state index in [1.807, 2.05) is 18.2 Å². The van der Waals surface area contributed by atoms with Crippen LogP contribution in [-0.2, 0) is 11.2 Å². The molecule has 0 aliphatic rings. The van der Waals surface area contributed by atoms with Crippen molar-refractivity contribution in [3.8, 4) is 0 Å². The minimum atomic E-state index is 0. The Kier molecular flexibility index (Phi) is 8.86. The molecule has 0 radical (unpaired) electrons. The van der Waals surface area contributed by atoms with E-state index in [2.05, 4.69) is 5.32 Å². The number of halogens is 2. The highest BCUT2D eigenvalue weighted by Crippen LogP contribution is 2.15. The summed E-state index contributed by atoms with van der Waals surface area (Å²) in [7, 11) is 0. The van der Waals surface area contributed by atoms with Crippen molar-refractivity contribution >= 4 is 29.9 Å². The maximum atomic E-state index is 11.5. The Hall–Kier alpha value is -0.770. The molecule has 0 aromatic heterocycles. The summed E-state index contributed by atoms with van der Waals surface area (Å²) in [5, 5.41) is 3.48. The Morgan fingerprint density at radius 3 is 2.65 bits per heavy atom. The summed E-state index contributed by atoms with van der Waals surface area (Å²) in [6, 6.07) is 7.38. The van der Waals surface area contributed by atoms with Gasteiger partial charge in [0.2, 0.25) is 5.91 Å². The van der Waals surface area contributed by atoms with Crippen molar-refractivity contribution in [2.75, 3.05) is 13.1 Å². The van der Waals surface area contributed by atoms with Crippen LogP contribution in [0.5, 0.6) is 0 Å². The largest absolute Gasteiger partial charge is 0.356 e. The number of hydrogen-bond donors (Lipinski definition) is 2. The Labute approximate surface area is 113 Å². The molecule has 0 saturated carbocycles. The maximum Gasteiger partial charge on any atom is 0.224 e. The van der Waals surface area contributed by atoms with Crippen LogP contribution in [0, 0.1) is 0 Å². The number of hydrogen-bond acceptors (Lipinski definition) is 2. The van der Waals surface area contributed by atoms with Crippen LogP contribution >= 0.6 is 24.0 Å². The average Bonchev–Trinajstić information content (AvgIpc) is 2.28. The number of carbonyl (C=O) groups excluding carboxylic acids is 1. The summed E-state index contributed by atoms with van der Waals surface area (Å²) in [4.78, 5) is 11.5. The lowest BCUT2D eigenvalue weighted by atomic mass is 10.1. The highest BCUT2D eigenvalue weighted by Gasteiger charge is 2.05. The number of unbranched alkanes of at least 4 members (excludes halogenated alkanes) is 1. The van der Waals surface area contributed by atoms with Gasteiger partial charge in [-0.3, -0.25) is 4.79 Å². The summed E-state index contributed by atoms with van der Waals surface area (Å²) in [6.45, 7) is 1.35. The predicted molar refractivity (Wildman–Crippen MR) is 73.7 cm³/mol. The van der Waals surface area contributed by atoms with Gasteiger partial charge < -0.3 is 11.1 Å². The highest BCUT2D eigenvalue weighted by atomic mass is 35.5. The molecule has 0 bridgehead atoms. The second-order valence-corrected chi connectivity index (χ2v) is 4.02. The van der Waals surface area contributed by atoms with Crippen LogP contribution in [0.25, 0.3) is 0 Å². The van der Waals surface area contributed by atoms with Gasteiger partial charge in [-0.15, -0.1) is 12.4 Å². The van der Waals surface area contributed by atoms with Gasteiger partial charge in [-0.1, -0.05) is 29.8 Å². The van der Waals surface area contributed by atoms with Crippen LogP contribution < -0.4 is 11.1 Å². The lowest BCUT2D eigenvalue weighted by Gasteiger charge is -2.05. The number of benzene rings is 1. The first-order valence-corrected chi connectivity index (χ1v) is 5.82. The fourth-order valence-corrected chi connectivity index (χ4v) is 1.58. The molecule has 0 fully saturated rings. The molecule has 0 aliphatic carbocycles. The zero-order valence-electron chi connectivity index (χ0n) is 9.62. The van der Waals surface area contributed by atoms with Crippen molar-refractivity contribution in [3.05, 3.63) is 34.9 Å². The van der Waals surface area contributed by atoms with Crippen molar-refractivity contribution in [3.63, 3.8) is 0 Å². The third-order valence-electron chi connectivity index (χ3n) is 2.26. The smallest absolute Gasteiger partial charge is 0.224 e. The first-order chi connectivity index (χ1) is 7.74. The van der Waals surface area contributed by atoms with Crippen LogP contribution in [0.3, 0.4) is 0 Å². The fraction of sp³-hybridized carbons (Fsp3) is 0.417. The summed E-state index contributed by atoms with van der Waals surface area (Å²) in [5.74, 6) is 0.00474. The Bertz CT molecular complexity index is 345. The van der Waals surface area contributed by atoms with Crippen LogP contribution in [-0.4, -0.2) is 19.0 Å². The molecule has 1 rings (SSSR count). The maximum absolute atomic E-state index is 11.5. The summed E-state index contributed by atoms with van der Waals surface area (Å²) < 4.78 is 0. The molecule has 3 nitrogen and oxygen atoms in total. The van der Waals surface area contributed by atoms with Crippen molar-refractivity contribution in [2.24, 2.45) is 5.73 Å². The highest BCUT2D eigenvalue weighted by molar-refractivity contribution is 6.31. The van der Waals surface area contributed by atoms with E-state index in [0.717, 1.165) is 18.4 Å². The number of nitrogens with one attached hydrogen (secondary N) is 1.